The summed E-state index contributed by atoms with van der Waals surface area (Å²) in [6.07, 6.45) is 15.4. The standard InChI is InChI=1S/C18H37NSi/c1-4-17-20(5-2,6-3)18-19-15-13-11-9-7-8-10-12-14-16-19/h4,17H,5-16,18H2,1-3H3. The molecule has 1 fully saturated rings. The largest absolute Gasteiger partial charge is 0.306 e. The fraction of sp³-hybridized carbons (Fsp3) is 0.889. The smallest absolute Gasteiger partial charge is 0.0912 e. The summed E-state index contributed by atoms with van der Waals surface area (Å²) in [5.74, 6) is 0. The van der Waals surface area contributed by atoms with E-state index >= 15 is 0 Å². The Labute approximate surface area is 128 Å². The van der Waals surface area contributed by atoms with E-state index in [1.807, 2.05) is 0 Å². The first kappa shape index (κ1) is 18.0. The van der Waals surface area contributed by atoms with Gasteiger partial charge < -0.3 is 4.90 Å². The lowest BCUT2D eigenvalue weighted by atomic mass is 10.1. The van der Waals surface area contributed by atoms with Crippen LogP contribution >= 0.6 is 0 Å². The van der Waals surface area contributed by atoms with Gasteiger partial charge in [-0.25, -0.2) is 0 Å². The quantitative estimate of drug-likeness (QED) is 0.600. The molecule has 1 heterocycles. The first-order valence-electron chi connectivity index (χ1n) is 9.12. The van der Waals surface area contributed by atoms with Crippen molar-refractivity contribution in [3.05, 3.63) is 11.8 Å². The van der Waals surface area contributed by atoms with Gasteiger partial charge in [0.15, 0.2) is 0 Å². The molecule has 0 radical (unpaired) electrons. The van der Waals surface area contributed by atoms with Crippen molar-refractivity contribution in [2.75, 3.05) is 19.3 Å². The predicted molar refractivity (Wildman–Crippen MR) is 94.9 cm³/mol. The van der Waals surface area contributed by atoms with Gasteiger partial charge in [-0.1, -0.05) is 76.2 Å². The second-order valence-electron chi connectivity index (χ2n) is 6.67. The predicted octanol–water partition coefficient (Wildman–Crippen LogP) is 5.57. The second kappa shape index (κ2) is 10.6. The van der Waals surface area contributed by atoms with Crippen molar-refractivity contribution in [1.29, 1.82) is 0 Å². The minimum absolute atomic E-state index is 1.17. The summed E-state index contributed by atoms with van der Waals surface area (Å²) in [7, 11) is -1.17. The average molecular weight is 296 g/mol. The van der Waals surface area contributed by atoms with Crippen LogP contribution in [-0.4, -0.2) is 32.2 Å². The van der Waals surface area contributed by atoms with E-state index < -0.39 is 8.07 Å². The Hall–Kier alpha value is -0.0831. The fourth-order valence-corrected chi connectivity index (χ4v) is 7.00. The lowest BCUT2D eigenvalue weighted by Crippen LogP contribution is -2.46. The summed E-state index contributed by atoms with van der Waals surface area (Å²) in [6.45, 7) is 9.75. The third-order valence-corrected chi connectivity index (χ3v) is 10.1. The first-order valence-corrected chi connectivity index (χ1v) is 11.8. The van der Waals surface area contributed by atoms with Crippen molar-refractivity contribution in [2.45, 2.75) is 84.2 Å². The Morgan fingerprint density at radius 3 is 1.65 bits per heavy atom. The summed E-state index contributed by atoms with van der Waals surface area (Å²) in [5, 5.41) is 0. The molecule has 0 saturated carbocycles. The summed E-state index contributed by atoms with van der Waals surface area (Å²) in [6, 6.07) is 2.81. The maximum atomic E-state index is 2.82. The van der Waals surface area contributed by atoms with Crippen LogP contribution in [0.1, 0.15) is 72.1 Å². The van der Waals surface area contributed by atoms with E-state index in [2.05, 4.69) is 37.4 Å². The van der Waals surface area contributed by atoms with Crippen LogP contribution < -0.4 is 0 Å². The van der Waals surface area contributed by atoms with Crippen molar-refractivity contribution in [3.63, 3.8) is 0 Å². The second-order valence-corrected chi connectivity index (χ2v) is 11.5. The maximum Gasteiger partial charge on any atom is 0.0912 e. The van der Waals surface area contributed by atoms with Gasteiger partial charge >= 0.3 is 0 Å². The molecule has 0 bridgehead atoms. The fourth-order valence-electron chi connectivity index (χ4n) is 3.56. The minimum Gasteiger partial charge on any atom is -0.306 e. The van der Waals surface area contributed by atoms with E-state index in [9.17, 15) is 0 Å². The Morgan fingerprint density at radius 1 is 0.800 bits per heavy atom. The number of hydrogen-bond acceptors (Lipinski definition) is 1. The molecule has 0 N–H and O–H groups in total. The van der Waals surface area contributed by atoms with Gasteiger partial charge in [0, 0.05) is 0 Å². The van der Waals surface area contributed by atoms with Crippen LogP contribution in [0.3, 0.4) is 0 Å². The average Bonchev–Trinajstić information content (AvgIpc) is 2.53. The van der Waals surface area contributed by atoms with Crippen LogP contribution in [0.25, 0.3) is 0 Å². The Morgan fingerprint density at radius 2 is 1.25 bits per heavy atom. The molecule has 0 aromatic carbocycles. The van der Waals surface area contributed by atoms with Crippen LogP contribution in [-0.2, 0) is 0 Å². The van der Waals surface area contributed by atoms with Crippen molar-refractivity contribution in [1.82, 2.24) is 4.90 Å². The molecular weight excluding hydrogens is 258 g/mol. The summed E-state index contributed by atoms with van der Waals surface area (Å²) in [5.41, 5.74) is 2.61. The van der Waals surface area contributed by atoms with Crippen LogP contribution in [0.15, 0.2) is 11.8 Å². The molecule has 0 aliphatic carbocycles. The molecular formula is C18H37NSi. The van der Waals surface area contributed by atoms with Crippen LogP contribution in [0.5, 0.6) is 0 Å². The van der Waals surface area contributed by atoms with Gasteiger partial charge in [0.25, 0.3) is 0 Å². The summed E-state index contributed by atoms with van der Waals surface area (Å²) < 4.78 is 0. The van der Waals surface area contributed by atoms with Crippen molar-refractivity contribution in [2.24, 2.45) is 0 Å². The zero-order chi connectivity index (χ0) is 14.7. The summed E-state index contributed by atoms with van der Waals surface area (Å²) >= 11 is 0. The Kier molecular flexibility index (Phi) is 9.54. The molecule has 20 heavy (non-hydrogen) atoms. The Balaban J connectivity index is 2.58. The van der Waals surface area contributed by atoms with E-state index in [1.54, 1.807) is 0 Å². The van der Waals surface area contributed by atoms with Gasteiger partial charge in [0.1, 0.15) is 0 Å². The SMILES string of the molecule is CC=C[Si](CC)(CC)CN1CCCCCCCCCC1. The molecule has 0 spiro atoms. The molecule has 1 aliphatic rings. The topological polar surface area (TPSA) is 3.24 Å². The highest BCUT2D eigenvalue weighted by molar-refractivity contribution is 6.84. The molecule has 0 aromatic rings. The van der Waals surface area contributed by atoms with Gasteiger partial charge in [0.05, 0.1) is 8.07 Å². The van der Waals surface area contributed by atoms with Crippen molar-refractivity contribution >= 4 is 8.07 Å². The van der Waals surface area contributed by atoms with E-state index in [0.717, 1.165) is 0 Å². The number of rotatable bonds is 5. The third kappa shape index (κ3) is 6.58. The number of nitrogens with zero attached hydrogens (tertiary/aromatic N) is 1. The molecule has 1 aliphatic heterocycles. The van der Waals surface area contributed by atoms with E-state index in [4.69, 9.17) is 0 Å². The molecule has 1 saturated heterocycles. The minimum atomic E-state index is -1.17. The van der Waals surface area contributed by atoms with Gasteiger partial charge in [-0.15, -0.1) is 0 Å². The molecule has 0 unspecified atom stereocenters. The number of allylic oxidation sites excluding steroid dienone is 1. The van der Waals surface area contributed by atoms with Gasteiger partial charge in [-0.3, -0.25) is 0 Å². The van der Waals surface area contributed by atoms with Gasteiger partial charge in [-0.2, -0.15) is 0 Å². The molecule has 118 valence electrons. The van der Waals surface area contributed by atoms with E-state index in [0.29, 0.717) is 0 Å². The molecule has 2 heteroatoms. The van der Waals surface area contributed by atoms with Gasteiger partial charge in [0.2, 0.25) is 0 Å². The van der Waals surface area contributed by atoms with E-state index in [1.165, 1.54) is 82.7 Å². The first-order chi connectivity index (χ1) is 9.76. The Bertz CT molecular complexity index is 246. The van der Waals surface area contributed by atoms with E-state index in [-0.39, 0.29) is 0 Å². The molecule has 0 amide bonds. The molecule has 0 aromatic heterocycles. The highest BCUT2D eigenvalue weighted by Gasteiger charge is 2.28. The zero-order valence-electron chi connectivity index (χ0n) is 14.3. The normalized spacial score (nSPS) is 20.9. The zero-order valence-corrected chi connectivity index (χ0v) is 15.3. The molecule has 1 nitrogen and oxygen atoms in total. The summed E-state index contributed by atoms with van der Waals surface area (Å²) in [4.78, 5) is 2.82. The highest BCUT2D eigenvalue weighted by Crippen LogP contribution is 2.20. The van der Waals surface area contributed by atoms with Crippen molar-refractivity contribution in [3.8, 4) is 0 Å². The highest BCUT2D eigenvalue weighted by atomic mass is 28.3. The van der Waals surface area contributed by atoms with Crippen molar-refractivity contribution < 1.29 is 0 Å². The molecule has 0 atom stereocenters. The number of hydrogen-bond donors (Lipinski definition) is 0. The molecule has 1 rings (SSSR count). The maximum absolute atomic E-state index is 2.82. The third-order valence-electron chi connectivity index (χ3n) is 5.17. The van der Waals surface area contributed by atoms with Crippen LogP contribution in [0.4, 0.5) is 0 Å². The van der Waals surface area contributed by atoms with Crippen LogP contribution in [0.2, 0.25) is 12.1 Å². The lowest BCUT2D eigenvalue weighted by molar-refractivity contribution is 0.298. The lowest BCUT2D eigenvalue weighted by Gasteiger charge is -2.33. The van der Waals surface area contributed by atoms with Crippen LogP contribution in [0, 0.1) is 0 Å². The van der Waals surface area contributed by atoms with Gasteiger partial charge in [-0.05, 0) is 39.0 Å². The monoisotopic (exact) mass is 295 g/mol.